The zero-order valence-electron chi connectivity index (χ0n) is 9.96. The van der Waals surface area contributed by atoms with Crippen molar-refractivity contribution in [3.05, 3.63) is 35.4 Å². The number of halogens is 2. The van der Waals surface area contributed by atoms with Gasteiger partial charge < -0.3 is 5.73 Å². The summed E-state index contributed by atoms with van der Waals surface area (Å²) in [6.45, 7) is 0.616. The molecule has 0 bridgehead atoms. The Labute approximate surface area is 101 Å². The van der Waals surface area contributed by atoms with Crippen LogP contribution in [0.4, 0.5) is 8.78 Å². The Morgan fingerprint density at radius 1 is 1.24 bits per heavy atom. The molecule has 1 saturated carbocycles. The molecule has 2 rings (SSSR count). The van der Waals surface area contributed by atoms with Crippen LogP contribution in [0.2, 0.25) is 0 Å². The van der Waals surface area contributed by atoms with Crippen LogP contribution in [-0.2, 0) is 11.8 Å². The maximum Gasteiger partial charge on any atom is 0.242 e. The van der Waals surface area contributed by atoms with Gasteiger partial charge in [0.05, 0.1) is 0 Å². The van der Waals surface area contributed by atoms with Crippen molar-refractivity contribution in [2.45, 2.75) is 43.9 Å². The molecular weight excluding hydrogens is 220 g/mol. The number of hydrogen-bond donors (Lipinski definition) is 1. The van der Waals surface area contributed by atoms with Crippen molar-refractivity contribution in [2.75, 3.05) is 6.54 Å². The van der Waals surface area contributed by atoms with Crippen LogP contribution in [0.3, 0.4) is 0 Å². The zero-order chi connectivity index (χ0) is 12.3. The molecule has 3 heteroatoms. The van der Waals surface area contributed by atoms with E-state index in [1.165, 1.54) is 12.8 Å². The van der Waals surface area contributed by atoms with Crippen LogP contribution in [0.5, 0.6) is 0 Å². The van der Waals surface area contributed by atoms with Crippen LogP contribution in [0.25, 0.3) is 0 Å². The lowest BCUT2D eigenvalue weighted by atomic mass is 9.78. The monoisotopic (exact) mass is 239 g/mol. The second-order valence-corrected chi connectivity index (χ2v) is 4.99. The summed E-state index contributed by atoms with van der Waals surface area (Å²) in [6, 6.07) is 7.61. The summed E-state index contributed by atoms with van der Waals surface area (Å²) < 4.78 is 24.8. The molecule has 0 heterocycles. The first-order chi connectivity index (χ1) is 8.16. The summed E-state index contributed by atoms with van der Waals surface area (Å²) in [5, 5.41) is 0. The van der Waals surface area contributed by atoms with Gasteiger partial charge in [-0.15, -0.1) is 0 Å². The van der Waals surface area contributed by atoms with Gasteiger partial charge in [0.2, 0.25) is 6.43 Å². The molecule has 2 N–H and O–H groups in total. The molecule has 0 aliphatic heterocycles. The molecule has 1 fully saturated rings. The van der Waals surface area contributed by atoms with Crippen molar-refractivity contribution in [3.63, 3.8) is 0 Å². The molecule has 0 aromatic heterocycles. The van der Waals surface area contributed by atoms with Crippen molar-refractivity contribution >= 4 is 0 Å². The molecule has 1 aromatic carbocycles. The van der Waals surface area contributed by atoms with Crippen LogP contribution in [0.1, 0.15) is 36.8 Å². The molecule has 0 saturated heterocycles. The zero-order valence-corrected chi connectivity index (χ0v) is 9.96. The molecule has 1 nitrogen and oxygen atoms in total. The van der Waals surface area contributed by atoms with Crippen molar-refractivity contribution in [1.29, 1.82) is 0 Å². The maximum absolute atomic E-state index is 12.4. The Morgan fingerprint density at radius 2 is 1.94 bits per heavy atom. The molecule has 1 aliphatic carbocycles. The second-order valence-electron chi connectivity index (χ2n) is 4.99. The molecule has 0 atom stereocenters. The number of alkyl halides is 2. The van der Waals surface area contributed by atoms with E-state index in [9.17, 15) is 8.78 Å². The average molecular weight is 239 g/mol. The minimum absolute atomic E-state index is 0.0398. The van der Waals surface area contributed by atoms with Crippen LogP contribution in [0, 0.1) is 0 Å². The highest BCUT2D eigenvalue weighted by Crippen LogP contribution is 2.40. The minimum Gasteiger partial charge on any atom is -0.330 e. The van der Waals surface area contributed by atoms with Crippen molar-refractivity contribution in [2.24, 2.45) is 5.73 Å². The van der Waals surface area contributed by atoms with Gasteiger partial charge in [-0.05, 0) is 24.0 Å². The Bertz CT molecular complexity index is 370. The average Bonchev–Trinajstić information content (AvgIpc) is 2.78. The Hall–Kier alpha value is -0.960. The van der Waals surface area contributed by atoms with Crippen LogP contribution >= 0.6 is 0 Å². The van der Waals surface area contributed by atoms with Crippen molar-refractivity contribution < 1.29 is 8.78 Å². The highest BCUT2D eigenvalue weighted by Gasteiger charge is 2.34. The normalized spacial score (nSPS) is 18.8. The summed E-state index contributed by atoms with van der Waals surface area (Å²) >= 11 is 0. The minimum atomic E-state index is -2.28. The smallest absolute Gasteiger partial charge is 0.242 e. The molecule has 0 spiro atoms. The van der Waals surface area contributed by atoms with Crippen LogP contribution < -0.4 is 5.73 Å². The summed E-state index contributed by atoms with van der Waals surface area (Å²) in [4.78, 5) is 0. The lowest BCUT2D eigenvalue weighted by Gasteiger charge is -2.28. The van der Waals surface area contributed by atoms with E-state index in [0.717, 1.165) is 24.0 Å². The first-order valence-corrected chi connectivity index (χ1v) is 6.24. The highest BCUT2D eigenvalue weighted by molar-refractivity contribution is 5.32. The van der Waals surface area contributed by atoms with E-state index in [2.05, 4.69) is 0 Å². The van der Waals surface area contributed by atoms with Crippen LogP contribution in [-0.4, -0.2) is 13.0 Å². The first-order valence-electron chi connectivity index (χ1n) is 6.24. The van der Waals surface area contributed by atoms with Gasteiger partial charge in [0.1, 0.15) is 0 Å². The number of rotatable bonds is 4. The molecular formula is C14H19F2N. The first kappa shape index (κ1) is 12.5. The maximum atomic E-state index is 12.4. The van der Waals surface area contributed by atoms with Crippen molar-refractivity contribution in [3.8, 4) is 0 Å². The van der Waals surface area contributed by atoms with E-state index in [4.69, 9.17) is 5.73 Å². The molecule has 94 valence electrons. The highest BCUT2D eigenvalue weighted by atomic mass is 19.3. The Morgan fingerprint density at radius 3 is 2.53 bits per heavy atom. The number of nitrogens with two attached hydrogens (primary N) is 1. The second kappa shape index (κ2) is 5.13. The van der Waals surface area contributed by atoms with Gasteiger partial charge in [0, 0.05) is 18.4 Å². The topological polar surface area (TPSA) is 26.0 Å². The lowest BCUT2D eigenvalue weighted by Crippen LogP contribution is -2.32. The standard InChI is InChI=1S/C14H19F2N/c15-13(16)9-11-4-3-5-12(8-11)14(10-17)6-1-2-7-14/h3-5,8,13H,1-2,6-7,9-10,17H2. The van der Waals surface area contributed by atoms with E-state index >= 15 is 0 Å². The van der Waals surface area contributed by atoms with E-state index in [1.54, 1.807) is 6.07 Å². The Kier molecular flexibility index (Phi) is 3.77. The van der Waals surface area contributed by atoms with E-state index in [0.29, 0.717) is 6.54 Å². The molecule has 17 heavy (non-hydrogen) atoms. The van der Waals surface area contributed by atoms with Gasteiger partial charge in [-0.2, -0.15) is 0 Å². The van der Waals surface area contributed by atoms with E-state index in [1.807, 2.05) is 18.2 Å². The third kappa shape index (κ3) is 2.65. The van der Waals surface area contributed by atoms with Gasteiger partial charge >= 0.3 is 0 Å². The van der Waals surface area contributed by atoms with Gasteiger partial charge in [-0.3, -0.25) is 0 Å². The van der Waals surface area contributed by atoms with Gasteiger partial charge in [0.15, 0.2) is 0 Å². The fraction of sp³-hybridized carbons (Fsp3) is 0.571. The summed E-state index contributed by atoms with van der Waals surface area (Å²) in [5.74, 6) is 0. The number of hydrogen-bond acceptors (Lipinski definition) is 1. The third-order valence-electron chi connectivity index (χ3n) is 3.88. The van der Waals surface area contributed by atoms with Gasteiger partial charge in [0.25, 0.3) is 0 Å². The number of benzene rings is 1. The Balaban J connectivity index is 2.25. The van der Waals surface area contributed by atoms with Crippen LogP contribution in [0.15, 0.2) is 24.3 Å². The van der Waals surface area contributed by atoms with Gasteiger partial charge in [-0.1, -0.05) is 37.1 Å². The molecule has 0 amide bonds. The third-order valence-corrected chi connectivity index (χ3v) is 3.88. The SMILES string of the molecule is NCC1(c2cccc(CC(F)F)c2)CCCC1. The quantitative estimate of drug-likeness (QED) is 0.857. The summed E-state index contributed by atoms with van der Waals surface area (Å²) in [5.41, 5.74) is 7.81. The summed E-state index contributed by atoms with van der Waals surface area (Å²) in [6.07, 6.45) is 2.12. The molecule has 1 aliphatic rings. The fourth-order valence-electron chi connectivity index (χ4n) is 2.87. The summed E-state index contributed by atoms with van der Waals surface area (Å²) in [7, 11) is 0. The molecule has 0 unspecified atom stereocenters. The van der Waals surface area contributed by atoms with E-state index < -0.39 is 6.43 Å². The van der Waals surface area contributed by atoms with E-state index in [-0.39, 0.29) is 11.8 Å². The largest absolute Gasteiger partial charge is 0.330 e. The predicted molar refractivity (Wildman–Crippen MR) is 65.4 cm³/mol. The predicted octanol–water partition coefficient (Wildman–Crippen LogP) is 3.26. The lowest BCUT2D eigenvalue weighted by molar-refractivity contribution is 0.149. The fourth-order valence-corrected chi connectivity index (χ4v) is 2.87. The van der Waals surface area contributed by atoms with Crippen molar-refractivity contribution in [1.82, 2.24) is 0 Å². The molecule has 0 radical (unpaired) electrons. The molecule has 1 aromatic rings. The van der Waals surface area contributed by atoms with Gasteiger partial charge in [-0.25, -0.2) is 8.78 Å².